The molecule has 0 N–H and O–H groups in total. The van der Waals surface area contributed by atoms with E-state index in [2.05, 4.69) is 4.98 Å². The molecule has 8 nitrogen and oxygen atoms in total. The van der Waals surface area contributed by atoms with Crippen molar-refractivity contribution in [1.29, 1.82) is 0 Å². The van der Waals surface area contributed by atoms with E-state index in [4.69, 9.17) is 21.1 Å². The summed E-state index contributed by atoms with van der Waals surface area (Å²) >= 11 is 5.88. The number of para-hydroxylation sites is 1. The lowest BCUT2D eigenvalue weighted by atomic mass is 10.2. The number of amides is 1. The third-order valence-electron chi connectivity index (χ3n) is 5.37. The molecule has 2 heterocycles. The molecule has 0 bridgehead atoms. The lowest BCUT2D eigenvalue weighted by molar-refractivity contribution is -0.134. The Morgan fingerprint density at radius 3 is 2.55 bits per heavy atom. The number of benzene rings is 2. The van der Waals surface area contributed by atoms with Crippen molar-refractivity contribution in [3.05, 3.63) is 64.9 Å². The highest BCUT2D eigenvalue weighted by Gasteiger charge is 2.29. The third kappa shape index (κ3) is 5.31. The number of rotatable bonds is 7. The number of fused-ring (bicyclic) bond motifs is 1. The third-order valence-corrected chi connectivity index (χ3v) is 6.41. The second-order valence-corrected chi connectivity index (χ2v) is 10.4. The normalized spacial score (nSPS) is 13.5. The molecule has 1 aromatic heterocycles. The molecule has 4 rings (SSSR count). The predicted molar refractivity (Wildman–Crippen MR) is 125 cm³/mol. The fourth-order valence-corrected chi connectivity index (χ4v) is 4.67. The van der Waals surface area contributed by atoms with Crippen LogP contribution in [0.3, 0.4) is 0 Å². The van der Waals surface area contributed by atoms with E-state index in [1.807, 2.05) is 28.8 Å². The number of carbonyl (C=O) groups excluding carboxylic acids is 1. The van der Waals surface area contributed by atoms with Crippen LogP contribution in [0.2, 0.25) is 5.02 Å². The molecule has 0 atom stereocenters. The van der Waals surface area contributed by atoms with Crippen molar-refractivity contribution >= 4 is 27.3 Å². The molecule has 2 aromatic carbocycles. The topological polar surface area (TPSA) is 90.7 Å². The summed E-state index contributed by atoms with van der Waals surface area (Å²) in [6.45, 7) is 1.05. The van der Waals surface area contributed by atoms with Crippen LogP contribution in [0.4, 0.5) is 0 Å². The van der Waals surface area contributed by atoms with Crippen molar-refractivity contribution in [2.24, 2.45) is 0 Å². The van der Waals surface area contributed by atoms with Crippen LogP contribution in [-0.2, 0) is 33.5 Å². The number of carbonyl (C=O) groups is 1. The minimum Gasteiger partial charge on any atom is -0.496 e. The van der Waals surface area contributed by atoms with Crippen LogP contribution >= 0.6 is 11.6 Å². The van der Waals surface area contributed by atoms with Crippen molar-refractivity contribution < 1.29 is 22.7 Å². The van der Waals surface area contributed by atoms with E-state index < -0.39 is 9.84 Å². The Balaban J connectivity index is 1.60. The SMILES string of the molecule is COc1ccccc1-c1nc(CS(C)(=O)=O)c2n1CCN(C(=O)COc1ccc(Cl)cc1)C2. The molecule has 1 amide bonds. The van der Waals surface area contributed by atoms with Crippen molar-refractivity contribution in [2.75, 3.05) is 26.5 Å². The summed E-state index contributed by atoms with van der Waals surface area (Å²) in [5.41, 5.74) is 1.91. The molecule has 0 radical (unpaired) electrons. The summed E-state index contributed by atoms with van der Waals surface area (Å²) in [4.78, 5) is 19.2. The molecule has 0 saturated heterocycles. The van der Waals surface area contributed by atoms with Crippen LogP contribution in [0.25, 0.3) is 11.4 Å². The van der Waals surface area contributed by atoms with Crippen LogP contribution in [0.1, 0.15) is 11.4 Å². The summed E-state index contributed by atoms with van der Waals surface area (Å²) in [6, 6.07) is 14.2. The van der Waals surface area contributed by atoms with Crippen molar-refractivity contribution in [1.82, 2.24) is 14.5 Å². The van der Waals surface area contributed by atoms with Crippen molar-refractivity contribution in [3.8, 4) is 22.9 Å². The Morgan fingerprint density at radius 1 is 1.12 bits per heavy atom. The molecule has 0 unspecified atom stereocenters. The first-order chi connectivity index (χ1) is 15.7. The highest BCUT2D eigenvalue weighted by atomic mass is 35.5. The Labute approximate surface area is 197 Å². The van der Waals surface area contributed by atoms with E-state index in [1.54, 1.807) is 36.3 Å². The van der Waals surface area contributed by atoms with Gasteiger partial charge in [0, 0.05) is 24.4 Å². The number of halogens is 1. The molecule has 0 aliphatic carbocycles. The lowest BCUT2D eigenvalue weighted by Gasteiger charge is -2.29. The van der Waals surface area contributed by atoms with Crippen LogP contribution in [0, 0.1) is 0 Å². The number of sulfone groups is 1. The summed E-state index contributed by atoms with van der Waals surface area (Å²) in [5.74, 6) is 1.42. The molecule has 1 aliphatic rings. The molecular weight excluding hydrogens is 466 g/mol. The standard InChI is InChI=1S/C23H24ClN3O5S/c1-31-21-6-4-3-5-18(21)23-25-19(15-33(2,29)30)20-13-26(11-12-27(20)23)22(28)14-32-17-9-7-16(24)8-10-17/h3-10H,11-15H2,1-2H3. The van der Waals surface area contributed by atoms with Crippen LogP contribution < -0.4 is 9.47 Å². The van der Waals surface area contributed by atoms with Gasteiger partial charge in [-0.2, -0.15) is 0 Å². The average Bonchev–Trinajstić information content (AvgIpc) is 3.14. The Hall–Kier alpha value is -3.04. The maximum absolute atomic E-state index is 12.8. The summed E-state index contributed by atoms with van der Waals surface area (Å²) in [7, 11) is -1.75. The highest BCUT2D eigenvalue weighted by molar-refractivity contribution is 7.89. The van der Waals surface area contributed by atoms with Gasteiger partial charge in [-0.25, -0.2) is 13.4 Å². The van der Waals surface area contributed by atoms with Gasteiger partial charge in [0.05, 0.1) is 36.4 Å². The minimum absolute atomic E-state index is 0.128. The quantitative estimate of drug-likeness (QED) is 0.506. The summed E-state index contributed by atoms with van der Waals surface area (Å²) in [5, 5.41) is 0.585. The number of hydrogen-bond donors (Lipinski definition) is 0. The maximum Gasteiger partial charge on any atom is 0.260 e. The Morgan fingerprint density at radius 2 is 1.85 bits per heavy atom. The van der Waals surface area contributed by atoms with E-state index in [-0.39, 0.29) is 24.8 Å². The van der Waals surface area contributed by atoms with E-state index in [0.717, 1.165) is 5.56 Å². The zero-order valence-corrected chi connectivity index (χ0v) is 19.9. The second kappa shape index (κ2) is 9.44. The van der Waals surface area contributed by atoms with Gasteiger partial charge in [-0.3, -0.25) is 4.79 Å². The Bertz CT molecular complexity index is 1270. The largest absolute Gasteiger partial charge is 0.496 e. The molecular formula is C23H24ClN3O5S. The molecule has 174 valence electrons. The molecule has 0 spiro atoms. The number of aromatic nitrogens is 2. The van der Waals surface area contributed by atoms with Gasteiger partial charge in [-0.1, -0.05) is 23.7 Å². The zero-order valence-electron chi connectivity index (χ0n) is 18.3. The van der Waals surface area contributed by atoms with Gasteiger partial charge in [-0.05, 0) is 36.4 Å². The fraction of sp³-hybridized carbons (Fsp3) is 0.304. The first kappa shape index (κ1) is 23.1. The molecule has 0 fully saturated rings. The summed E-state index contributed by atoms with van der Waals surface area (Å²) < 4.78 is 37.2. The Kier molecular flexibility index (Phi) is 6.62. The number of hydrogen-bond acceptors (Lipinski definition) is 6. The number of nitrogens with zero attached hydrogens (tertiary/aromatic N) is 3. The average molecular weight is 490 g/mol. The first-order valence-electron chi connectivity index (χ1n) is 10.3. The molecule has 3 aromatic rings. The fourth-order valence-electron chi connectivity index (χ4n) is 3.81. The van der Waals surface area contributed by atoms with E-state index in [9.17, 15) is 13.2 Å². The van der Waals surface area contributed by atoms with Gasteiger partial charge >= 0.3 is 0 Å². The first-order valence-corrected chi connectivity index (χ1v) is 12.7. The smallest absolute Gasteiger partial charge is 0.260 e. The van der Waals surface area contributed by atoms with Crippen LogP contribution in [0.15, 0.2) is 48.5 Å². The number of ether oxygens (including phenoxy) is 2. The minimum atomic E-state index is -3.33. The van der Waals surface area contributed by atoms with E-state index in [1.165, 1.54) is 6.26 Å². The van der Waals surface area contributed by atoms with Gasteiger partial charge in [0.15, 0.2) is 16.4 Å². The monoisotopic (exact) mass is 489 g/mol. The molecule has 10 heteroatoms. The van der Waals surface area contributed by atoms with Gasteiger partial charge in [0.25, 0.3) is 5.91 Å². The highest BCUT2D eigenvalue weighted by Crippen LogP contribution is 2.33. The van der Waals surface area contributed by atoms with E-state index >= 15 is 0 Å². The second-order valence-electron chi connectivity index (χ2n) is 7.81. The number of methoxy groups -OCH3 is 1. The summed E-state index contributed by atoms with van der Waals surface area (Å²) in [6.07, 6.45) is 1.17. The number of imidazole rings is 1. The lowest BCUT2D eigenvalue weighted by Crippen LogP contribution is -2.41. The van der Waals surface area contributed by atoms with Crippen molar-refractivity contribution in [2.45, 2.75) is 18.8 Å². The predicted octanol–water partition coefficient (Wildman–Crippen LogP) is 3.18. The van der Waals surface area contributed by atoms with Crippen LogP contribution in [-0.4, -0.2) is 55.3 Å². The molecule has 1 aliphatic heterocycles. The zero-order chi connectivity index (χ0) is 23.6. The van der Waals surface area contributed by atoms with Gasteiger partial charge in [0.1, 0.15) is 17.3 Å². The molecule has 0 saturated carbocycles. The van der Waals surface area contributed by atoms with Gasteiger partial charge in [0.2, 0.25) is 0 Å². The van der Waals surface area contributed by atoms with E-state index in [0.29, 0.717) is 46.8 Å². The van der Waals surface area contributed by atoms with Gasteiger partial charge in [-0.15, -0.1) is 0 Å². The van der Waals surface area contributed by atoms with Crippen molar-refractivity contribution in [3.63, 3.8) is 0 Å². The maximum atomic E-state index is 12.8. The molecule has 33 heavy (non-hydrogen) atoms. The van der Waals surface area contributed by atoms with Gasteiger partial charge < -0.3 is 18.9 Å². The van der Waals surface area contributed by atoms with Crippen LogP contribution in [0.5, 0.6) is 11.5 Å².